The summed E-state index contributed by atoms with van der Waals surface area (Å²) in [6.07, 6.45) is 3.45. The lowest BCUT2D eigenvalue weighted by atomic mass is 10.0. The third-order valence-corrected chi connectivity index (χ3v) is 7.04. The number of unbranched alkanes of at least 4 members (excludes halogenated alkanes) is 1. The molecule has 44 heavy (non-hydrogen) atoms. The van der Waals surface area contributed by atoms with Gasteiger partial charge >= 0.3 is 18.0 Å². The van der Waals surface area contributed by atoms with Gasteiger partial charge in [-0.05, 0) is 69.7 Å². The number of carboxylic acids is 1. The van der Waals surface area contributed by atoms with Crippen LogP contribution in [-0.2, 0) is 36.8 Å². The SMILES string of the molecule is C=CCOC(=O)C(Cc1ccccc1)N(Cc1ccc(OCCCCC(=O)O)cc1)C(=O)C1CCCN1C(=O)OC(C)(C)C. The summed E-state index contributed by atoms with van der Waals surface area (Å²) in [6.45, 7) is 9.82. The van der Waals surface area contributed by atoms with Crippen molar-refractivity contribution in [1.82, 2.24) is 9.80 Å². The number of rotatable bonds is 15. The summed E-state index contributed by atoms with van der Waals surface area (Å²) >= 11 is 0. The summed E-state index contributed by atoms with van der Waals surface area (Å²) < 4.78 is 16.8. The number of hydrogen-bond acceptors (Lipinski definition) is 7. The van der Waals surface area contributed by atoms with E-state index in [1.54, 1.807) is 32.9 Å². The molecule has 0 aliphatic carbocycles. The van der Waals surface area contributed by atoms with Crippen molar-refractivity contribution in [2.75, 3.05) is 19.8 Å². The smallest absolute Gasteiger partial charge is 0.410 e. The molecule has 10 nitrogen and oxygen atoms in total. The largest absolute Gasteiger partial charge is 0.494 e. The van der Waals surface area contributed by atoms with Crippen molar-refractivity contribution >= 4 is 23.9 Å². The van der Waals surface area contributed by atoms with E-state index in [2.05, 4.69) is 6.58 Å². The first-order chi connectivity index (χ1) is 21.0. The van der Waals surface area contributed by atoms with Crippen LogP contribution in [0.2, 0.25) is 0 Å². The summed E-state index contributed by atoms with van der Waals surface area (Å²) in [4.78, 5) is 54.6. The van der Waals surface area contributed by atoms with Crippen molar-refractivity contribution in [1.29, 1.82) is 0 Å². The van der Waals surface area contributed by atoms with Gasteiger partial charge in [0, 0.05) is 25.9 Å². The second kappa shape index (κ2) is 16.5. The van der Waals surface area contributed by atoms with Crippen molar-refractivity contribution in [2.24, 2.45) is 0 Å². The van der Waals surface area contributed by atoms with Gasteiger partial charge in [0.05, 0.1) is 6.61 Å². The zero-order valence-electron chi connectivity index (χ0n) is 25.9. The number of carbonyl (C=O) groups excluding carboxylic acids is 3. The van der Waals surface area contributed by atoms with Crippen LogP contribution in [0, 0.1) is 0 Å². The molecular formula is C34H44N2O8. The molecule has 0 saturated carbocycles. The highest BCUT2D eigenvalue weighted by atomic mass is 16.6. The number of nitrogens with zero attached hydrogens (tertiary/aromatic N) is 2. The molecule has 1 N–H and O–H groups in total. The Morgan fingerprint density at radius 1 is 1.05 bits per heavy atom. The monoisotopic (exact) mass is 608 g/mol. The van der Waals surface area contributed by atoms with Gasteiger partial charge in [0.1, 0.15) is 30.0 Å². The molecule has 3 rings (SSSR count). The third-order valence-electron chi connectivity index (χ3n) is 7.04. The highest BCUT2D eigenvalue weighted by molar-refractivity contribution is 5.90. The predicted octanol–water partition coefficient (Wildman–Crippen LogP) is 5.39. The van der Waals surface area contributed by atoms with Crippen molar-refractivity contribution in [3.05, 3.63) is 78.4 Å². The van der Waals surface area contributed by atoms with Gasteiger partial charge in [-0.1, -0.05) is 55.1 Å². The van der Waals surface area contributed by atoms with Crippen LogP contribution in [0.15, 0.2) is 67.3 Å². The Labute approximate surface area is 259 Å². The summed E-state index contributed by atoms with van der Waals surface area (Å²) in [6, 6.07) is 14.8. The molecule has 0 bridgehead atoms. The van der Waals surface area contributed by atoms with E-state index in [1.165, 1.54) is 15.9 Å². The van der Waals surface area contributed by atoms with Crippen LogP contribution in [0.5, 0.6) is 5.75 Å². The van der Waals surface area contributed by atoms with Crippen LogP contribution in [0.3, 0.4) is 0 Å². The minimum Gasteiger partial charge on any atom is -0.494 e. The maximum absolute atomic E-state index is 14.3. The first kappa shape index (κ1) is 34.2. The predicted molar refractivity (Wildman–Crippen MR) is 165 cm³/mol. The molecule has 2 aromatic carbocycles. The van der Waals surface area contributed by atoms with Gasteiger partial charge < -0.3 is 24.2 Å². The Bertz CT molecular complexity index is 1260. The fraction of sp³-hybridized carbons (Fsp3) is 0.471. The summed E-state index contributed by atoms with van der Waals surface area (Å²) in [5, 5.41) is 8.80. The van der Waals surface area contributed by atoms with Crippen molar-refractivity contribution in [2.45, 2.75) is 83.5 Å². The standard InChI is InChI=1S/C34H44N2O8/c1-5-21-43-32(40)29(23-25-12-7-6-8-13-25)36(31(39)28-14-11-20-35(28)33(41)44-34(2,3)4)24-26-16-18-27(19-17-26)42-22-10-9-15-30(37)38/h5-8,12-13,16-19,28-29H,1,9-11,14-15,20-24H2,2-4H3,(H,37,38). The second-order valence-corrected chi connectivity index (χ2v) is 11.8. The molecule has 0 aromatic heterocycles. The van der Waals surface area contributed by atoms with E-state index in [4.69, 9.17) is 19.3 Å². The zero-order chi connectivity index (χ0) is 32.1. The Kier molecular flexibility index (Phi) is 12.8. The summed E-state index contributed by atoms with van der Waals surface area (Å²) in [5.74, 6) is -1.15. The van der Waals surface area contributed by atoms with Crippen LogP contribution in [0.25, 0.3) is 0 Å². The Morgan fingerprint density at radius 3 is 2.39 bits per heavy atom. The second-order valence-electron chi connectivity index (χ2n) is 11.8. The molecule has 1 saturated heterocycles. The van der Waals surface area contributed by atoms with Crippen molar-refractivity contribution in [3.8, 4) is 5.75 Å². The highest BCUT2D eigenvalue weighted by Gasteiger charge is 2.42. The van der Waals surface area contributed by atoms with Crippen molar-refractivity contribution < 1.29 is 38.5 Å². The zero-order valence-corrected chi connectivity index (χ0v) is 25.9. The number of esters is 1. The molecule has 1 heterocycles. The van der Waals surface area contributed by atoms with Gasteiger partial charge in [-0.15, -0.1) is 0 Å². The molecule has 0 radical (unpaired) electrons. The van der Waals surface area contributed by atoms with E-state index in [0.29, 0.717) is 44.6 Å². The van der Waals surface area contributed by atoms with Crippen LogP contribution in [0.4, 0.5) is 4.79 Å². The lowest BCUT2D eigenvalue weighted by Gasteiger charge is -2.35. The normalized spacial score (nSPS) is 15.2. The molecule has 1 aliphatic heterocycles. The molecule has 1 aliphatic rings. The maximum atomic E-state index is 14.3. The first-order valence-corrected chi connectivity index (χ1v) is 15.0. The quantitative estimate of drug-likeness (QED) is 0.162. The van der Waals surface area contributed by atoms with Crippen LogP contribution in [0.1, 0.15) is 64.0 Å². The number of ether oxygens (including phenoxy) is 3. The summed E-state index contributed by atoms with van der Waals surface area (Å²) in [7, 11) is 0. The van der Waals surface area contributed by atoms with Crippen LogP contribution >= 0.6 is 0 Å². The average molecular weight is 609 g/mol. The number of aliphatic carboxylic acids is 1. The maximum Gasteiger partial charge on any atom is 0.410 e. The minimum absolute atomic E-state index is 0.00187. The molecule has 1 fully saturated rings. The first-order valence-electron chi connectivity index (χ1n) is 15.0. The van der Waals surface area contributed by atoms with Gasteiger partial charge in [-0.3, -0.25) is 14.5 Å². The highest BCUT2D eigenvalue weighted by Crippen LogP contribution is 2.26. The third kappa shape index (κ3) is 10.7. The number of likely N-dealkylation sites (tertiary alicyclic amines) is 1. The van der Waals surface area contributed by atoms with E-state index in [1.807, 2.05) is 42.5 Å². The lowest BCUT2D eigenvalue weighted by molar-refractivity contribution is -0.156. The number of carbonyl (C=O) groups is 4. The van der Waals surface area contributed by atoms with Gasteiger partial charge in [0.25, 0.3) is 0 Å². The minimum atomic E-state index is -0.962. The number of benzene rings is 2. The molecule has 2 aromatic rings. The number of amides is 2. The van der Waals surface area contributed by atoms with Crippen LogP contribution < -0.4 is 4.74 Å². The molecule has 0 spiro atoms. The average Bonchev–Trinajstić information content (AvgIpc) is 3.48. The van der Waals surface area contributed by atoms with Gasteiger partial charge in [-0.2, -0.15) is 0 Å². The Balaban J connectivity index is 1.88. The topological polar surface area (TPSA) is 123 Å². The van der Waals surface area contributed by atoms with E-state index in [0.717, 1.165) is 11.1 Å². The van der Waals surface area contributed by atoms with Gasteiger partial charge in [-0.25, -0.2) is 9.59 Å². The van der Waals surface area contributed by atoms with E-state index < -0.39 is 35.7 Å². The number of carboxylic acid groups (broad SMARTS) is 1. The lowest BCUT2D eigenvalue weighted by Crippen LogP contribution is -2.54. The van der Waals surface area contributed by atoms with Gasteiger partial charge in [0.15, 0.2) is 0 Å². The summed E-state index contributed by atoms with van der Waals surface area (Å²) in [5.41, 5.74) is 0.887. The van der Waals surface area contributed by atoms with Gasteiger partial charge in [0.2, 0.25) is 5.91 Å². The molecule has 2 unspecified atom stereocenters. The van der Waals surface area contributed by atoms with E-state index >= 15 is 0 Å². The fourth-order valence-corrected chi connectivity index (χ4v) is 4.95. The Morgan fingerprint density at radius 2 is 1.75 bits per heavy atom. The van der Waals surface area contributed by atoms with E-state index in [9.17, 15) is 19.2 Å². The van der Waals surface area contributed by atoms with Crippen molar-refractivity contribution in [3.63, 3.8) is 0 Å². The molecule has 2 atom stereocenters. The van der Waals surface area contributed by atoms with E-state index in [-0.39, 0.29) is 31.9 Å². The molecule has 238 valence electrons. The Hall–Kier alpha value is -4.34. The molecular weight excluding hydrogens is 564 g/mol. The molecule has 2 amide bonds. The molecule has 10 heteroatoms. The van der Waals surface area contributed by atoms with Crippen LogP contribution in [-0.4, -0.2) is 76.3 Å². The number of hydrogen-bond donors (Lipinski definition) is 1. The fourth-order valence-electron chi connectivity index (χ4n) is 4.95.